The van der Waals surface area contributed by atoms with Crippen molar-refractivity contribution in [1.29, 1.82) is 0 Å². The molecule has 0 amide bonds. The van der Waals surface area contributed by atoms with Crippen LogP contribution in [0.2, 0.25) is 0 Å². The first-order valence-corrected chi connectivity index (χ1v) is 9.01. The Kier molecular flexibility index (Phi) is 7.11. The van der Waals surface area contributed by atoms with Crippen molar-refractivity contribution in [2.45, 2.75) is 26.7 Å². The zero-order valence-electron chi connectivity index (χ0n) is 15.7. The summed E-state index contributed by atoms with van der Waals surface area (Å²) in [5.41, 5.74) is 3.62. The molecule has 0 unspecified atom stereocenters. The molecular formula is C22H26N2O2. The minimum Gasteiger partial charge on any atom is -0.478 e. The van der Waals surface area contributed by atoms with Gasteiger partial charge in [0.1, 0.15) is 0 Å². The summed E-state index contributed by atoms with van der Waals surface area (Å²) in [6.07, 6.45) is 2.24. The third-order valence-corrected chi connectivity index (χ3v) is 4.09. The zero-order chi connectivity index (χ0) is 18.9. The van der Waals surface area contributed by atoms with E-state index < -0.39 is 5.97 Å². The standard InChI is InChI=1S/C22H26N2O2/c1-4-14-24(15-5-2)19-11-8-17(9-12-19)6-7-18-10-13-21(23-3)20(16-18)22(25)26/h8-13,16,23H,4-5,14-15H2,1-3H3,(H,25,26). The second kappa shape index (κ2) is 9.53. The van der Waals surface area contributed by atoms with Gasteiger partial charge in [-0.05, 0) is 55.3 Å². The molecule has 0 radical (unpaired) electrons. The van der Waals surface area contributed by atoms with Gasteiger partial charge in [-0.2, -0.15) is 0 Å². The van der Waals surface area contributed by atoms with Crippen LogP contribution in [-0.2, 0) is 0 Å². The van der Waals surface area contributed by atoms with Gasteiger partial charge in [-0.3, -0.25) is 0 Å². The Bertz CT molecular complexity index is 795. The lowest BCUT2D eigenvalue weighted by Crippen LogP contribution is -2.24. The van der Waals surface area contributed by atoms with Gasteiger partial charge < -0.3 is 15.3 Å². The van der Waals surface area contributed by atoms with Gasteiger partial charge in [0, 0.05) is 42.6 Å². The molecule has 2 aromatic carbocycles. The van der Waals surface area contributed by atoms with E-state index in [2.05, 4.69) is 48.0 Å². The third kappa shape index (κ3) is 5.03. The van der Waals surface area contributed by atoms with E-state index in [-0.39, 0.29) is 5.56 Å². The summed E-state index contributed by atoms with van der Waals surface area (Å²) >= 11 is 0. The summed E-state index contributed by atoms with van der Waals surface area (Å²) in [5.74, 6) is 5.20. The van der Waals surface area contributed by atoms with Crippen LogP contribution in [0.3, 0.4) is 0 Å². The highest BCUT2D eigenvalue weighted by Crippen LogP contribution is 2.18. The van der Waals surface area contributed by atoms with Gasteiger partial charge in [-0.15, -0.1) is 0 Å². The highest BCUT2D eigenvalue weighted by atomic mass is 16.4. The number of carboxylic acid groups (broad SMARTS) is 1. The van der Waals surface area contributed by atoms with Crippen LogP contribution >= 0.6 is 0 Å². The summed E-state index contributed by atoms with van der Waals surface area (Å²) in [5, 5.41) is 12.2. The third-order valence-electron chi connectivity index (χ3n) is 4.09. The van der Waals surface area contributed by atoms with Crippen LogP contribution in [0.1, 0.15) is 48.2 Å². The topological polar surface area (TPSA) is 52.6 Å². The molecule has 26 heavy (non-hydrogen) atoms. The number of rotatable bonds is 7. The van der Waals surface area contributed by atoms with Gasteiger partial charge in [-0.1, -0.05) is 25.7 Å². The number of nitrogens with one attached hydrogen (secondary N) is 1. The van der Waals surface area contributed by atoms with E-state index in [0.29, 0.717) is 11.3 Å². The van der Waals surface area contributed by atoms with Gasteiger partial charge in [0.2, 0.25) is 0 Å². The molecular weight excluding hydrogens is 324 g/mol. The molecule has 0 aromatic heterocycles. The van der Waals surface area contributed by atoms with Crippen LogP contribution in [-0.4, -0.2) is 31.2 Å². The monoisotopic (exact) mass is 350 g/mol. The molecule has 2 N–H and O–H groups in total. The van der Waals surface area contributed by atoms with Crippen molar-refractivity contribution in [3.05, 3.63) is 59.2 Å². The smallest absolute Gasteiger partial charge is 0.337 e. The van der Waals surface area contributed by atoms with E-state index in [1.54, 1.807) is 19.2 Å². The molecule has 0 bridgehead atoms. The van der Waals surface area contributed by atoms with Gasteiger partial charge in [0.15, 0.2) is 0 Å². The number of hydrogen-bond donors (Lipinski definition) is 2. The second-order valence-corrected chi connectivity index (χ2v) is 6.10. The Morgan fingerprint density at radius 1 is 1.00 bits per heavy atom. The molecule has 0 saturated heterocycles. The molecule has 2 rings (SSSR count). The van der Waals surface area contributed by atoms with Crippen LogP contribution in [0.15, 0.2) is 42.5 Å². The highest BCUT2D eigenvalue weighted by molar-refractivity contribution is 5.94. The molecule has 0 aliphatic heterocycles. The first-order valence-electron chi connectivity index (χ1n) is 9.01. The van der Waals surface area contributed by atoms with Crippen molar-refractivity contribution in [2.75, 3.05) is 30.4 Å². The lowest BCUT2D eigenvalue weighted by molar-refractivity contribution is 0.0698. The van der Waals surface area contributed by atoms with E-state index in [9.17, 15) is 9.90 Å². The molecule has 0 fully saturated rings. The fourth-order valence-corrected chi connectivity index (χ4v) is 2.83. The average Bonchev–Trinajstić information content (AvgIpc) is 2.66. The van der Waals surface area contributed by atoms with Crippen molar-refractivity contribution in [3.8, 4) is 11.8 Å². The quantitative estimate of drug-likeness (QED) is 0.724. The molecule has 4 nitrogen and oxygen atoms in total. The van der Waals surface area contributed by atoms with E-state index >= 15 is 0 Å². The highest BCUT2D eigenvalue weighted by Gasteiger charge is 2.09. The van der Waals surface area contributed by atoms with Crippen molar-refractivity contribution in [3.63, 3.8) is 0 Å². The van der Waals surface area contributed by atoms with E-state index in [1.807, 2.05) is 18.2 Å². The largest absolute Gasteiger partial charge is 0.478 e. The first-order chi connectivity index (χ1) is 12.6. The first kappa shape index (κ1) is 19.4. The van der Waals surface area contributed by atoms with Crippen LogP contribution in [0.4, 0.5) is 11.4 Å². The van der Waals surface area contributed by atoms with Crippen molar-refractivity contribution in [1.82, 2.24) is 0 Å². The molecule has 0 heterocycles. The maximum Gasteiger partial charge on any atom is 0.337 e. The SMILES string of the molecule is CCCN(CCC)c1ccc(C#Cc2ccc(NC)c(C(=O)O)c2)cc1. The number of benzene rings is 2. The number of aromatic carboxylic acids is 1. The number of nitrogens with zero attached hydrogens (tertiary/aromatic N) is 1. The molecule has 4 heteroatoms. The number of carboxylic acids is 1. The Labute approximate surface area is 155 Å². The fourth-order valence-electron chi connectivity index (χ4n) is 2.83. The number of hydrogen-bond acceptors (Lipinski definition) is 3. The van der Waals surface area contributed by atoms with Gasteiger partial charge in [-0.25, -0.2) is 4.79 Å². The summed E-state index contributed by atoms with van der Waals surface area (Å²) in [6.45, 7) is 6.48. The number of anilines is 2. The summed E-state index contributed by atoms with van der Waals surface area (Å²) in [4.78, 5) is 13.7. The Hall–Kier alpha value is -2.93. The maximum absolute atomic E-state index is 11.3. The predicted octanol–water partition coefficient (Wildman–Crippen LogP) is 4.45. The fraction of sp³-hybridized carbons (Fsp3) is 0.318. The van der Waals surface area contributed by atoms with Crippen molar-refractivity contribution in [2.24, 2.45) is 0 Å². The number of carbonyl (C=O) groups is 1. The van der Waals surface area contributed by atoms with E-state index in [4.69, 9.17) is 0 Å². The van der Waals surface area contributed by atoms with Crippen LogP contribution in [0, 0.1) is 11.8 Å². The van der Waals surface area contributed by atoms with Crippen molar-refractivity contribution >= 4 is 17.3 Å². The zero-order valence-corrected chi connectivity index (χ0v) is 15.7. The van der Waals surface area contributed by atoms with Gasteiger partial charge in [0.25, 0.3) is 0 Å². The Morgan fingerprint density at radius 3 is 2.12 bits per heavy atom. The second-order valence-electron chi connectivity index (χ2n) is 6.10. The van der Waals surface area contributed by atoms with Crippen LogP contribution in [0.25, 0.3) is 0 Å². The lowest BCUT2D eigenvalue weighted by Gasteiger charge is -2.23. The van der Waals surface area contributed by atoms with Crippen molar-refractivity contribution < 1.29 is 9.90 Å². The maximum atomic E-state index is 11.3. The molecule has 0 atom stereocenters. The minimum absolute atomic E-state index is 0.226. The molecule has 0 spiro atoms. The summed E-state index contributed by atoms with van der Waals surface area (Å²) < 4.78 is 0. The Morgan fingerprint density at radius 2 is 1.58 bits per heavy atom. The molecule has 0 saturated carbocycles. The van der Waals surface area contributed by atoms with Gasteiger partial charge >= 0.3 is 5.97 Å². The van der Waals surface area contributed by atoms with Crippen LogP contribution in [0.5, 0.6) is 0 Å². The average molecular weight is 350 g/mol. The molecule has 2 aromatic rings. The predicted molar refractivity (Wildman–Crippen MR) is 108 cm³/mol. The summed E-state index contributed by atoms with van der Waals surface area (Å²) in [7, 11) is 1.70. The summed E-state index contributed by atoms with van der Waals surface area (Å²) in [6, 6.07) is 13.4. The van der Waals surface area contributed by atoms with Crippen LogP contribution < -0.4 is 10.2 Å². The molecule has 0 aliphatic carbocycles. The molecule has 0 aliphatic rings. The van der Waals surface area contributed by atoms with Gasteiger partial charge in [0.05, 0.1) is 5.56 Å². The Balaban J connectivity index is 2.20. The molecule has 136 valence electrons. The normalized spacial score (nSPS) is 9.96. The lowest BCUT2D eigenvalue weighted by atomic mass is 10.1. The minimum atomic E-state index is -0.964. The van der Waals surface area contributed by atoms with E-state index in [0.717, 1.165) is 31.5 Å². The van der Waals surface area contributed by atoms with E-state index in [1.165, 1.54) is 5.69 Å².